The molecule has 0 aliphatic carbocycles. The molecule has 0 radical (unpaired) electrons. The predicted molar refractivity (Wildman–Crippen MR) is 220 cm³/mol. The second-order valence-electron chi connectivity index (χ2n) is 15.5. The number of carbonyl (C=O) groups excluding carboxylic acids is 1. The third kappa shape index (κ3) is 21.6. The minimum Gasteiger partial charge on any atom is -0.457 e. The zero-order chi connectivity index (χ0) is 42.4. The van der Waals surface area contributed by atoms with Crippen LogP contribution in [0.4, 0.5) is 0 Å². The van der Waals surface area contributed by atoms with Crippen LogP contribution in [-0.2, 0) is 33.2 Å². The molecule has 2 fully saturated rings. The first-order valence-electron chi connectivity index (χ1n) is 22.1. The molecule has 7 N–H and O–H groups in total. The van der Waals surface area contributed by atoms with Crippen LogP contribution >= 0.6 is 0 Å². The summed E-state index contributed by atoms with van der Waals surface area (Å²) in [6, 6.07) is 0. The maximum atomic E-state index is 12.9. The lowest BCUT2D eigenvalue weighted by Gasteiger charge is -2.42. The highest BCUT2D eigenvalue weighted by atomic mass is 16.7. The van der Waals surface area contributed by atoms with Gasteiger partial charge in [-0.15, -0.1) is 0 Å². The first-order valence-corrected chi connectivity index (χ1v) is 22.1. The first-order chi connectivity index (χ1) is 28.1. The van der Waals surface area contributed by atoms with E-state index in [0.717, 1.165) is 89.9 Å². The summed E-state index contributed by atoms with van der Waals surface area (Å²) in [7, 11) is 0. The van der Waals surface area contributed by atoms with Crippen molar-refractivity contribution in [1.82, 2.24) is 0 Å². The molecule has 11 unspecified atom stereocenters. The highest BCUT2D eigenvalue weighted by Gasteiger charge is 2.47. The summed E-state index contributed by atoms with van der Waals surface area (Å²) in [4.78, 5) is 12.9. The van der Waals surface area contributed by atoms with Crippen molar-refractivity contribution in [1.29, 1.82) is 0 Å². The lowest BCUT2D eigenvalue weighted by molar-refractivity contribution is -0.332. The number of unbranched alkanes of at least 4 members (excludes halogenated alkanes) is 13. The van der Waals surface area contributed by atoms with Crippen molar-refractivity contribution in [3.05, 3.63) is 36.5 Å². The van der Waals surface area contributed by atoms with Crippen LogP contribution in [0.15, 0.2) is 36.5 Å². The highest BCUT2D eigenvalue weighted by Crippen LogP contribution is 2.26. The number of carbonyl (C=O) groups is 1. The van der Waals surface area contributed by atoms with E-state index in [1.54, 1.807) is 0 Å². The molecule has 14 nitrogen and oxygen atoms in total. The van der Waals surface area contributed by atoms with Gasteiger partial charge in [0, 0.05) is 13.0 Å². The summed E-state index contributed by atoms with van der Waals surface area (Å²) in [6.07, 6.45) is 16.5. The highest BCUT2D eigenvalue weighted by molar-refractivity contribution is 5.69. The van der Waals surface area contributed by atoms with Gasteiger partial charge < -0.3 is 64.2 Å². The van der Waals surface area contributed by atoms with Gasteiger partial charge in [0.05, 0.1) is 26.4 Å². The van der Waals surface area contributed by atoms with E-state index in [9.17, 15) is 40.5 Å². The standard InChI is InChI=1S/C44H78O14/c1-3-5-7-9-11-13-15-16-17-18-20-22-24-26-28-53-30-33(56-36(46)27-25-23-21-19-14-12-10-8-6-4-2)31-54-43-42(52)40(50)38(48)35(58-43)32-55-44-41(51)39(49)37(47)34(29-45)57-44/h7-10,13,15,33-35,37-45,47-52H,3-6,11-12,14,16-32H2,1-2H3/b9-7-,10-8-,15-13-. The molecule has 2 saturated heterocycles. The Labute approximate surface area is 347 Å². The van der Waals surface area contributed by atoms with Gasteiger partial charge in [-0.1, -0.05) is 108 Å². The number of hydrogen-bond acceptors (Lipinski definition) is 14. The fourth-order valence-corrected chi connectivity index (χ4v) is 6.68. The van der Waals surface area contributed by atoms with Gasteiger partial charge in [-0.25, -0.2) is 0 Å². The van der Waals surface area contributed by atoms with Gasteiger partial charge in [0.1, 0.15) is 54.9 Å². The number of allylic oxidation sites excluding steroid dienone is 6. The van der Waals surface area contributed by atoms with Gasteiger partial charge in [0.15, 0.2) is 12.6 Å². The molecule has 14 heteroatoms. The molecule has 2 aliphatic heterocycles. The van der Waals surface area contributed by atoms with E-state index in [2.05, 4.69) is 50.3 Å². The Hall–Kier alpha value is -1.79. The number of rotatable bonds is 33. The van der Waals surface area contributed by atoms with Crippen molar-refractivity contribution < 1.29 is 69.0 Å². The molecule has 2 rings (SSSR count). The molecular formula is C44H78O14. The van der Waals surface area contributed by atoms with Crippen molar-refractivity contribution in [2.24, 2.45) is 0 Å². The van der Waals surface area contributed by atoms with Gasteiger partial charge in [0.25, 0.3) is 0 Å². The molecule has 2 aliphatic rings. The number of aliphatic hydroxyl groups is 7. The minimum absolute atomic E-state index is 0.0505. The maximum absolute atomic E-state index is 12.9. The van der Waals surface area contributed by atoms with E-state index >= 15 is 0 Å². The molecule has 2 heterocycles. The SMILES string of the molecule is CCC/C=C\C/C=C\CCCCCCCCOCC(COC1OC(COC2OC(CO)C(O)C(O)C2O)C(O)C(O)C1O)OC(=O)CCCCCCC/C=C\CCC. The largest absolute Gasteiger partial charge is 0.457 e. The molecule has 0 aromatic carbocycles. The Morgan fingerprint density at radius 3 is 1.69 bits per heavy atom. The van der Waals surface area contributed by atoms with Crippen molar-refractivity contribution >= 4 is 5.97 Å². The fourth-order valence-electron chi connectivity index (χ4n) is 6.68. The third-order valence-corrected chi connectivity index (χ3v) is 10.3. The van der Waals surface area contributed by atoms with Gasteiger partial charge in [-0.05, 0) is 57.8 Å². The minimum atomic E-state index is -1.71. The second kappa shape index (κ2) is 32.9. The summed E-state index contributed by atoms with van der Waals surface area (Å²) in [5.74, 6) is -0.395. The molecule has 338 valence electrons. The Kier molecular flexibility index (Phi) is 29.7. The molecular weight excluding hydrogens is 752 g/mol. The second-order valence-corrected chi connectivity index (χ2v) is 15.5. The van der Waals surface area contributed by atoms with Gasteiger partial charge in [0.2, 0.25) is 0 Å². The summed E-state index contributed by atoms with van der Waals surface area (Å²) in [5.41, 5.74) is 0. The van der Waals surface area contributed by atoms with Crippen molar-refractivity contribution in [3.63, 3.8) is 0 Å². The van der Waals surface area contributed by atoms with E-state index in [1.165, 1.54) is 19.3 Å². The average molecular weight is 831 g/mol. The molecule has 0 amide bonds. The lowest BCUT2D eigenvalue weighted by atomic mass is 9.98. The van der Waals surface area contributed by atoms with Crippen LogP contribution in [0.3, 0.4) is 0 Å². The topological polar surface area (TPSA) is 214 Å². The first kappa shape index (κ1) is 52.3. The van der Waals surface area contributed by atoms with Crippen LogP contribution in [0.2, 0.25) is 0 Å². The van der Waals surface area contributed by atoms with Gasteiger partial charge >= 0.3 is 5.97 Å². The van der Waals surface area contributed by atoms with E-state index in [-0.39, 0.29) is 19.6 Å². The maximum Gasteiger partial charge on any atom is 0.306 e. The molecule has 11 atom stereocenters. The average Bonchev–Trinajstić information content (AvgIpc) is 3.22. The zero-order valence-corrected chi connectivity index (χ0v) is 35.3. The van der Waals surface area contributed by atoms with E-state index < -0.39 is 86.7 Å². The monoisotopic (exact) mass is 831 g/mol. The lowest BCUT2D eigenvalue weighted by Crippen LogP contribution is -2.61. The van der Waals surface area contributed by atoms with Crippen molar-refractivity contribution in [3.8, 4) is 0 Å². The summed E-state index contributed by atoms with van der Waals surface area (Å²) in [5, 5.41) is 71.8. The van der Waals surface area contributed by atoms with Crippen LogP contribution in [0.25, 0.3) is 0 Å². The molecule has 0 aromatic heterocycles. The molecule has 58 heavy (non-hydrogen) atoms. The van der Waals surface area contributed by atoms with Crippen molar-refractivity contribution in [2.75, 3.05) is 33.0 Å². The Morgan fingerprint density at radius 2 is 1.07 bits per heavy atom. The Balaban J connectivity index is 1.83. The molecule has 0 aromatic rings. The van der Waals surface area contributed by atoms with Crippen LogP contribution in [-0.4, -0.2) is 142 Å². The van der Waals surface area contributed by atoms with Crippen LogP contribution in [0.1, 0.15) is 136 Å². The Morgan fingerprint density at radius 1 is 0.569 bits per heavy atom. The fraction of sp³-hybridized carbons (Fsp3) is 0.841. The summed E-state index contributed by atoms with van der Waals surface area (Å²) in [6.45, 7) is 3.49. The normalized spacial score (nSPS) is 28.6. The van der Waals surface area contributed by atoms with E-state index in [1.807, 2.05) is 0 Å². The number of aliphatic hydroxyl groups excluding tert-OH is 7. The predicted octanol–water partition coefficient (Wildman–Crippen LogP) is 4.68. The number of esters is 1. The quantitative estimate of drug-likeness (QED) is 0.0272. The van der Waals surface area contributed by atoms with Gasteiger partial charge in [-0.3, -0.25) is 4.79 Å². The number of hydrogen-bond donors (Lipinski definition) is 7. The van der Waals surface area contributed by atoms with Crippen LogP contribution in [0.5, 0.6) is 0 Å². The smallest absolute Gasteiger partial charge is 0.306 e. The van der Waals surface area contributed by atoms with Crippen molar-refractivity contribution in [2.45, 2.75) is 203 Å². The molecule has 0 bridgehead atoms. The number of ether oxygens (including phenoxy) is 6. The summed E-state index contributed by atoms with van der Waals surface area (Å²) < 4.78 is 34.1. The van der Waals surface area contributed by atoms with Gasteiger partial charge in [-0.2, -0.15) is 0 Å². The molecule has 0 spiro atoms. The summed E-state index contributed by atoms with van der Waals surface area (Å²) >= 11 is 0. The van der Waals surface area contributed by atoms with E-state index in [4.69, 9.17) is 28.4 Å². The van der Waals surface area contributed by atoms with Crippen LogP contribution in [0, 0.1) is 0 Å². The van der Waals surface area contributed by atoms with Crippen LogP contribution < -0.4 is 0 Å². The molecule has 0 saturated carbocycles. The zero-order valence-electron chi connectivity index (χ0n) is 35.3. The Bertz CT molecular complexity index is 1100. The third-order valence-electron chi connectivity index (χ3n) is 10.3. The van der Waals surface area contributed by atoms with E-state index in [0.29, 0.717) is 13.0 Å².